The third-order valence-corrected chi connectivity index (χ3v) is 11.6. The molecular weight excluding hydrogens is 695 g/mol. The van der Waals surface area contributed by atoms with E-state index >= 15 is 0 Å². The highest BCUT2D eigenvalue weighted by Crippen LogP contribution is 2.16. The number of hydrogen-bond donors (Lipinski definition) is 3. The van der Waals surface area contributed by atoms with Crippen LogP contribution in [0.3, 0.4) is 0 Å². The van der Waals surface area contributed by atoms with E-state index in [1.807, 2.05) is 0 Å². The van der Waals surface area contributed by atoms with Crippen LogP contribution in [0.5, 0.6) is 0 Å². The van der Waals surface area contributed by atoms with Crippen molar-refractivity contribution < 1.29 is 24.5 Å². The highest BCUT2D eigenvalue weighted by Gasteiger charge is 2.20. The average molecular weight is 792 g/mol. The molecule has 3 N–H and O–H groups in total. The van der Waals surface area contributed by atoms with Gasteiger partial charge in [0.05, 0.1) is 25.4 Å². The summed E-state index contributed by atoms with van der Waals surface area (Å²) in [6.45, 7) is 4.91. The van der Waals surface area contributed by atoms with Gasteiger partial charge in [0.2, 0.25) is 5.91 Å². The molecule has 0 aliphatic carbocycles. The number of aliphatic hydroxyl groups excluding tert-OH is 2. The fraction of sp³-hybridized carbons (Fsp3) is 0.920. The largest absolute Gasteiger partial charge is 0.466 e. The zero-order valence-electron chi connectivity index (χ0n) is 37.6. The molecule has 0 aromatic carbocycles. The van der Waals surface area contributed by atoms with Gasteiger partial charge in [-0.15, -0.1) is 0 Å². The lowest BCUT2D eigenvalue weighted by molar-refractivity contribution is -0.143. The molecule has 56 heavy (non-hydrogen) atoms. The first-order valence-electron chi connectivity index (χ1n) is 24.9. The van der Waals surface area contributed by atoms with Crippen LogP contribution in [0.25, 0.3) is 0 Å². The van der Waals surface area contributed by atoms with Crippen molar-refractivity contribution in [2.45, 2.75) is 283 Å². The van der Waals surface area contributed by atoms with Crippen LogP contribution in [0.15, 0.2) is 12.2 Å². The molecule has 6 nitrogen and oxygen atoms in total. The number of unbranched alkanes of at least 4 members (excludes halogenated alkanes) is 33. The van der Waals surface area contributed by atoms with Crippen molar-refractivity contribution in [3.05, 3.63) is 12.2 Å². The minimum atomic E-state index is -0.679. The Bertz CT molecular complexity index is 832. The van der Waals surface area contributed by atoms with Gasteiger partial charge in [-0.05, 0) is 51.4 Å². The van der Waals surface area contributed by atoms with E-state index in [2.05, 4.69) is 31.3 Å². The average Bonchev–Trinajstić information content (AvgIpc) is 3.20. The van der Waals surface area contributed by atoms with Gasteiger partial charge >= 0.3 is 5.97 Å². The topological polar surface area (TPSA) is 95.9 Å². The predicted molar refractivity (Wildman–Crippen MR) is 241 cm³/mol. The Hall–Kier alpha value is -1.40. The summed E-state index contributed by atoms with van der Waals surface area (Å²) in [4.78, 5) is 24.4. The van der Waals surface area contributed by atoms with Crippen LogP contribution in [-0.2, 0) is 14.3 Å². The zero-order chi connectivity index (χ0) is 40.8. The van der Waals surface area contributed by atoms with Gasteiger partial charge in [0, 0.05) is 12.8 Å². The standard InChI is InChI=1S/C50H97NO5/c1-3-5-7-9-11-13-15-17-20-24-28-32-36-40-44-50(55)56-45-41-37-33-29-25-21-18-19-23-27-31-35-39-43-49(54)51-47(46-52)48(53)42-38-34-30-26-22-16-14-12-10-8-6-4-2/h19,23,47-48,52-53H,3-18,20-22,24-46H2,1-2H3,(H,51,54)/b23-19-. The number of hydrogen-bond acceptors (Lipinski definition) is 5. The van der Waals surface area contributed by atoms with Crippen LogP contribution in [0.4, 0.5) is 0 Å². The monoisotopic (exact) mass is 792 g/mol. The molecular formula is C50H97NO5. The number of amides is 1. The molecule has 0 fully saturated rings. The Kier molecular flexibility index (Phi) is 45.1. The van der Waals surface area contributed by atoms with Gasteiger partial charge in [0.15, 0.2) is 0 Å². The smallest absolute Gasteiger partial charge is 0.305 e. The summed E-state index contributed by atoms with van der Waals surface area (Å²) in [6.07, 6.45) is 51.7. The fourth-order valence-electron chi connectivity index (χ4n) is 7.69. The second-order valence-corrected chi connectivity index (χ2v) is 17.1. The van der Waals surface area contributed by atoms with Crippen LogP contribution in [0.2, 0.25) is 0 Å². The molecule has 0 spiro atoms. The van der Waals surface area contributed by atoms with E-state index in [0.29, 0.717) is 25.9 Å². The second kappa shape index (κ2) is 46.3. The Morgan fingerprint density at radius 2 is 0.839 bits per heavy atom. The summed E-state index contributed by atoms with van der Waals surface area (Å²) < 4.78 is 5.45. The molecule has 2 atom stereocenters. The van der Waals surface area contributed by atoms with Crippen LogP contribution in [0, 0.1) is 0 Å². The summed E-state index contributed by atoms with van der Waals surface area (Å²) in [6, 6.07) is -0.559. The maximum absolute atomic E-state index is 12.4. The Labute approximate surface area is 349 Å². The number of allylic oxidation sites excluding steroid dienone is 2. The molecule has 2 unspecified atom stereocenters. The minimum absolute atomic E-state index is 0.0104. The number of nitrogens with one attached hydrogen (secondary N) is 1. The van der Waals surface area contributed by atoms with Gasteiger partial charge in [-0.1, -0.05) is 219 Å². The maximum Gasteiger partial charge on any atom is 0.305 e. The third kappa shape index (κ3) is 42.2. The number of carbonyl (C=O) groups is 2. The summed E-state index contributed by atoms with van der Waals surface area (Å²) in [5.74, 6) is -0.0755. The van der Waals surface area contributed by atoms with Crippen molar-refractivity contribution in [2.75, 3.05) is 13.2 Å². The van der Waals surface area contributed by atoms with E-state index in [9.17, 15) is 19.8 Å². The molecule has 0 radical (unpaired) electrons. The Balaban J connectivity index is 3.48. The molecule has 0 bridgehead atoms. The van der Waals surface area contributed by atoms with E-state index in [1.165, 1.54) is 167 Å². The van der Waals surface area contributed by atoms with Crippen molar-refractivity contribution in [1.29, 1.82) is 0 Å². The van der Waals surface area contributed by atoms with Crippen molar-refractivity contribution in [3.63, 3.8) is 0 Å². The summed E-state index contributed by atoms with van der Waals surface area (Å²) in [5.41, 5.74) is 0. The van der Waals surface area contributed by atoms with Gasteiger partial charge in [0.1, 0.15) is 0 Å². The Morgan fingerprint density at radius 1 is 0.482 bits per heavy atom. The second-order valence-electron chi connectivity index (χ2n) is 17.1. The highest BCUT2D eigenvalue weighted by atomic mass is 16.5. The van der Waals surface area contributed by atoms with Crippen molar-refractivity contribution >= 4 is 11.9 Å². The number of rotatable bonds is 46. The molecule has 0 aliphatic heterocycles. The number of carbonyl (C=O) groups excluding carboxylic acids is 2. The molecule has 0 saturated heterocycles. The van der Waals surface area contributed by atoms with Crippen LogP contribution < -0.4 is 5.32 Å². The molecule has 0 heterocycles. The minimum Gasteiger partial charge on any atom is -0.466 e. The van der Waals surface area contributed by atoms with Crippen LogP contribution in [0.1, 0.15) is 271 Å². The number of ether oxygens (including phenoxy) is 1. The molecule has 332 valence electrons. The number of aliphatic hydroxyl groups is 2. The van der Waals surface area contributed by atoms with E-state index in [-0.39, 0.29) is 18.5 Å². The van der Waals surface area contributed by atoms with Crippen molar-refractivity contribution in [2.24, 2.45) is 0 Å². The van der Waals surface area contributed by atoms with E-state index < -0.39 is 12.1 Å². The molecule has 1 amide bonds. The predicted octanol–water partition coefficient (Wildman–Crippen LogP) is 14.6. The zero-order valence-corrected chi connectivity index (χ0v) is 37.6. The number of esters is 1. The van der Waals surface area contributed by atoms with E-state index in [4.69, 9.17) is 4.74 Å². The van der Waals surface area contributed by atoms with Crippen LogP contribution >= 0.6 is 0 Å². The Morgan fingerprint density at radius 3 is 1.29 bits per heavy atom. The molecule has 0 aromatic heterocycles. The van der Waals surface area contributed by atoms with Crippen molar-refractivity contribution in [1.82, 2.24) is 5.32 Å². The molecule has 0 rings (SSSR count). The lowest BCUT2D eigenvalue weighted by Crippen LogP contribution is -2.45. The lowest BCUT2D eigenvalue weighted by atomic mass is 10.0. The molecule has 0 aliphatic rings. The van der Waals surface area contributed by atoms with Gasteiger partial charge in [-0.2, -0.15) is 0 Å². The van der Waals surface area contributed by atoms with Crippen LogP contribution in [-0.4, -0.2) is 47.4 Å². The lowest BCUT2D eigenvalue weighted by Gasteiger charge is -2.22. The first-order chi connectivity index (χ1) is 27.5. The summed E-state index contributed by atoms with van der Waals surface area (Å²) in [7, 11) is 0. The van der Waals surface area contributed by atoms with Gasteiger partial charge < -0.3 is 20.3 Å². The first kappa shape index (κ1) is 54.6. The van der Waals surface area contributed by atoms with Gasteiger partial charge in [0.25, 0.3) is 0 Å². The highest BCUT2D eigenvalue weighted by molar-refractivity contribution is 5.76. The van der Waals surface area contributed by atoms with Crippen molar-refractivity contribution in [3.8, 4) is 0 Å². The third-order valence-electron chi connectivity index (χ3n) is 11.6. The SMILES string of the molecule is CCCCCCCCCCCCCCCCC(=O)OCCCCCCCC/C=C\CCCCCC(=O)NC(CO)C(O)CCCCCCCCCCCCCC. The van der Waals surface area contributed by atoms with Gasteiger partial charge in [-0.25, -0.2) is 0 Å². The fourth-order valence-corrected chi connectivity index (χ4v) is 7.69. The maximum atomic E-state index is 12.4. The first-order valence-corrected chi connectivity index (χ1v) is 24.9. The summed E-state index contributed by atoms with van der Waals surface area (Å²) in [5, 5.41) is 23.1. The van der Waals surface area contributed by atoms with E-state index in [1.54, 1.807) is 0 Å². The van der Waals surface area contributed by atoms with E-state index in [0.717, 1.165) is 70.6 Å². The molecule has 0 aromatic rings. The molecule has 6 heteroatoms. The quantitative estimate of drug-likeness (QED) is 0.0324. The summed E-state index contributed by atoms with van der Waals surface area (Å²) >= 11 is 0. The molecule has 0 saturated carbocycles. The van der Waals surface area contributed by atoms with Gasteiger partial charge in [-0.3, -0.25) is 9.59 Å². The normalized spacial score (nSPS) is 12.7.